The van der Waals surface area contributed by atoms with Gasteiger partial charge in [0.2, 0.25) is 0 Å². The molecular formula is CH7AlNNaO3. The van der Waals surface area contributed by atoms with Crippen molar-refractivity contribution in [1.82, 2.24) is 0 Å². The van der Waals surface area contributed by atoms with Gasteiger partial charge in [-0.1, -0.05) is 0 Å². The molecule has 38 valence electrons. The molecule has 0 unspecified atom stereocenters. The van der Waals surface area contributed by atoms with Crippen molar-refractivity contribution in [2.24, 2.45) is 5.90 Å². The number of rotatable bonds is 0. The van der Waals surface area contributed by atoms with Gasteiger partial charge in [0.05, 0.1) is 0 Å². The fourth-order valence-electron chi connectivity index (χ4n) is 0. The van der Waals surface area contributed by atoms with Gasteiger partial charge in [-0.05, 0) is 0 Å². The van der Waals surface area contributed by atoms with Crippen LogP contribution in [-0.2, 0) is 4.84 Å². The first-order chi connectivity index (χ1) is 2.27. The van der Waals surface area contributed by atoms with Crippen LogP contribution < -0.4 is 5.90 Å². The number of hydrogen-bond acceptors (Lipinski definition) is 3. The first kappa shape index (κ1) is 15.7. The van der Waals surface area contributed by atoms with Gasteiger partial charge < -0.3 is 9.94 Å². The van der Waals surface area contributed by atoms with Gasteiger partial charge in [-0.2, -0.15) is 5.90 Å². The van der Waals surface area contributed by atoms with E-state index >= 15 is 0 Å². The Morgan fingerprint density at radius 1 is 1.71 bits per heavy atom. The predicted molar refractivity (Wildman–Crippen MR) is 30.4 cm³/mol. The SMILES string of the molecule is NOC(=O)O.[AlH3].[NaH]. The molecule has 0 aliphatic heterocycles. The van der Waals surface area contributed by atoms with Gasteiger partial charge in [0.15, 0.2) is 17.4 Å². The fraction of sp³-hybridized carbons (Fsp3) is 0. The summed E-state index contributed by atoms with van der Waals surface area (Å²) in [5.41, 5.74) is 0. The average Bonchev–Trinajstić information content (AvgIpc) is 1.38. The molecular weight excluding hydrogens is 124 g/mol. The standard InChI is InChI=1S/CH3NO3.Al.Na.4H/c2-5-1(3)4;;;;;;/h2H2,(H,3,4);;;;;;. The van der Waals surface area contributed by atoms with E-state index in [-0.39, 0.29) is 46.9 Å². The molecule has 0 aliphatic carbocycles. The summed E-state index contributed by atoms with van der Waals surface area (Å²) in [7, 11) is 0. The second kappa shape index (κ2) is 9.90. The van der Waals surface area contributed by atoms with Crippen molar-refractivity contribution in [2.45, 2.75) is 0 Å². The zero-order valence-electron chi connectivity index (χ0n) is 2.34. The first-order valence-corrected chi connectivity index (χ1v) is 0.868. The molecule has 0 radical (unpaired) electrons. The molecule has 0 aliphatic rings. The van der Waals surface area contributed by atoms with Crippen LogP contribution in [0.2, 0.25) is 0 Å². The van der Waals surface area contributed by atoms with Crippen LogP contribution in [0.3, 0.4) is 0 Å². The molecule has 4 nitrogen and oxygen atoms in total. The van der Waals surface area contributed by atoms with Crippen molar-refractivity contribution in [3.8, 4) is 0 Å². The molecule has 6 heteroatoms. The molecule has 0 spiro atoms. The van der Waals surface area contributed by atoms with E-state index in [4.69, 9.17) is 9.90 Å². The summed E-state index contributed by atoms with van der Waals surface area (Å²) in [4.78, 5) is 12.2. The van der Waals surface area contributed by atoms with Gasteiger partial charge in [-0.25, -0.2) is 4.79 Å². The molecule has 0 aromatic carbocycles. The van der Waals surface area contributed by atoms with Gasteiger partial charge in [0.25, 0.3) is 0 Å². The Morgan fingerprint density at radius 2 is 1.86 bits per heavy atom. The molecule has 3 N–H and O–H groups in total. The summed E-state index contributed by atoms with van der Waals surface area (Å²) in [6, 6.07) is 0. The third kappa shape index (κ3) is 20.1. The van der Waals surface area contributed by atoms with E-state index in [9.17, 15) is 0 Å². The van der Waals surface area contributed by atoms with E-state index in [1.165, 1.54) is 0 Å². The summed E-state index contributed by atoms with van der Waals surface area (Å²) in [5, 5.41) is 7.38. The molecule has 0 rings (SSSR count). The van der Waals surface area contributed by atoms with Crippen LogP contribution in [0.25, 0.3) is 0 Å². The predicted octanol–water partition coefficient (Wildman–Crippen LogP) is -2.28. The molecule has 0 aromatic rings. The van der Waals surface area contributed by atoms with Gasteiger partial charge in [-0.15, -0.1) is 0 Å². The number of carbonyl (C=O) groups is 1. The fourth-order valence-corrected chi connectivity index (χ4v) is 0. The Balaban J connectivity index is -0.0000000800. The molecule has 7 heavy (non-hydrogen) atoms. The topological polar surface area (TPSA) is 72.5 Å². The van der Waals surface area contributed by atoms with E-state index in [2.05, 4.69) is 10.7 Å². The van der Waals surface area contributed by atoms with E-state index < -0.39 is 6.16 Å². The number of hydrogen-bond donors (Lipinski definition) is 2. The van der Waals surface area contributed by atoms with E-state index in [0.29, 0.717) is 0 Å². The van der Waals surface area contributed by atoms with Crippen LogP contribution in [0.5, 0.6) is 0 Å². The van der Waals surface area contributed by atoms with E-state index in [0.717, 1.165) is 0 Å². The third-order valence-corrected chi connectivity index (χ3v) is 0.101. The molecule has 0 aromatic heterocycles. The molecule has 0 heterocycles. The molecule has 0 fully saturated rings. The van der Waals surface area contributed by atoms with Gasteiger partial charge >= 0.3 is 35.7 Å². The Kier molecular flexibility index (Phi) is 22.1. The van der Waals surface area contributed by atoms with Crippen molar-refractivity contribution in [3.05, 3.63) is 0 Å². The van der Waals surface area contributed by atoms with Crippen LogP contribution in [0, 0.1) is 0 Å². The first-order valence-electron chi connectivity index (χ1n) is 0.868. The molecule has 0 amide bonds. The Morgan fingerprint density at radius 3 is 1.86 bits per heavy atom. The van der Waals surface area contributed by atoms with Crippen molar-refractivity contribution >= 4 is 53.1 Å². The maximum absolute atomic E-state index is 9.02. The second-order valence-corrected chi connectivity index (χ2v) is 0.384. The van der Waals surface area contributed by atoms with Gasteiger partial charge in [0.1, 0.15) is 0 Å². The summed E-state index contributed by atoms with van der Waals surface area (Å²) in [6.07, 6.45) is -1.47. The summed E-state index contributed by atoms with van der Waals surface area (Å²) < 4.78 is 0. The van der Waals surface area contributed by atoms with Crippen molar-refractivity contribution in [2.75, 3.05) is 0 Å². The van der Waals surface area contributed by atoms with Crippen LogP contribution in [-0.4, -0.2) is 58.2 Å². The average molecular weight is 131 g/mol. The summed E-state index contributed by atoms with van der Waals surface area (Å²) >= 11 is 0. The Bertz CT molecular complexity index is 50.2. The molecule has 0 atom stereocenters. The Hall–Kier alpha value is 0.762. The van der Waals surface area contributed by atoms with Gasteiger partial charge in [-0.3, -0.25) is 0 Å². The van der Waals surface area contributed by atoms with E-state index in [1.807, 2.05) is 0 Å². The molecule has 0 bridgehead atoms. The maximum atomic E-state index is 9.02. The quantitative estimate of drug-likeness (QED) is 0.287. The zero-order chi connectivity index (χ0) is 4.28. The number of carboxylic acid groups (broad SMARTS) is 1. The van der Waals surface area contributed by atoms with Crippen molar-refractivity contribution in [3.63, 3.8) is 0 Å². The van der Waals surface area contributed by atoms with Crippen LogP contribution in [0.15, 0.2) is 0 Å². The molecule has 0 saturated carbocycles. The minimum atomic E-state index is -1.47. The summed E-state index contributed by atoms with van der Waals surface area (Å²) in [6.45, 7) is 0. The Labute approximate surface area is 73.4 Å². The van der Waals surface area contributed by atoms with Crippen LogP contribution >= 0.6 is 0 Å². The van der Waals surface area contributed by atoms with Crippen molar-refractivity contribution < 1.29 is 14.7 Å². The summed E-state index contributed by atoms with van der Waals surface area (Å²) in [5.74, 6) is 4.07. The zero-order valence-corrected chi connectivity index (χ0v) is 2.34. The van der Waals surface area contributed by atoms with Crippen molar-refractivity contribution in [1.29, 1.82) is 0 Å². The van der Waals surface area contributed by atoms with Gasteiger partial charge in [0, 0.05) is 0 Å². The molecule has 0 saturated heterocycles. The minimum absolute atomic E-state index is 0. The van der Waals surface area contributed by atoms with Crippen LogP contribution in [0.4, 0.5) is 4.79 Å². The second-order valence-electron chi connectivity index (χ2n) is 0.384. The monoisotopic (exact) mass is 131 g/mol. The normalized spacial score (nSPS) is 4.71. The van der Waals surface area contributed by atoms with Crippen LogP contribution in [0.1, 0.15) is 0 Å². The van der Waals surface area contributed by atoms with E-state index in [1.54, 1.807) is 0 Å². The third-order valence-electron chi connectivity index (χ3n) is 0.101. The number of nitrogens with two attached hydrogens (primary N) is 1.